The van der Waals surface area contributed by atoms with E-state index in [1.165, 1.54) is 12.8 Å². The summed E-state index contributed by atoms with van der Waals surface area (Å²) in [5, 5.41) is 0. The Morgan fingerprint density at radius 1 is 1.28 bits per heavy atom. The average molecular weight is 315 g/mol. The zero-order chi connectivity index (χ0) is 13.4. The van der Waals surface area contributed by atoms with Gasteiger partial charge in [-0.2, -0.15) is 0 Å². The Hall–Kier alpha value is -1.03. The number of rotatable bonds is 7. The zero-order valence-corrected chi connectivity index (χ0v) is 12.5. The number of esters is 1. The van der Waals surface area contributed by atoms with Crippen LogP contribution in [-0.2, 0) is 4.74 Å². The molecule has 0 aliphatic rings. The monoisotopic (exact) mass is 314 g/mol. The first-order valence-electron chi connectivity index (χ1n) is 6.28. The van der Waals surface area contributed by atoms with Gasteiger partial charge >= 0.3 is 5.97 Å². The molecule has 0 heterocycles. The van der Waals surface area contributed by atoms with Gasteiger partial charge in [0.25, 0.3) is 0 Å². The molecular weight excluding hydrogens is 296 g/mol. The Balaban J connectivity index is 2.59. The summed E-state index contributed by atoms with van der Waals surface area (Å²) >= 11 is 3.40. The lowest BCUT2D eigenvalue weighted by Crippen LogP contribution is -2.05. The van der Waals surface area contributed by atoms with Crippen molar-refractivity contribution >= 4 is 21.9 Å². The number of benzene rings is 1. The Kier molecular flexibility index (Phi) is 6.80. The molecule has 0 bridgehead atoms. The first-order chi connectivity index (χ1) is 8.69. The molecule has 0 unspecified atom stereocenters. The maximum atomic E-state index is 11.5. The van der Waals surface area contributed by atoms with Crippen LogP contribution in [0.4, 0.5) is 0 Å². The first-order valence-corrected chi connectivity index (χ1v) is 7.07. The van der Waals surface area contributed by atoms with Crippen LogP contribution in [-0.4, -0.2) is 19.2 Å². The number of hydrogen-bond acceptors (Lipinski definition) is 3. The molecule has 1 rings (SSSR count). The summed E-state index contributed by atoms with van der Waals surface area (Å²) in [6.45, 7) is 5.03. The maximum absolute atomic E-state index is 11.5. The van der Waals surface area contributed by atoms with Gasteiger partial charge in [0.15, 0.2) is 0 Å². The summed E-state index contributed by atoms with van der Waals surface area (Å²) in [6.07, 6.45) is 3.38. The van der Waals surface area contributed by atoms with Gasteiger partial charge in [0.1, 0.15) is 5.75 Å². The molecule has 0 aliphatic carbocycles. The van der Waals surface area contributed by atoms with Crippen LogP contribution < -0.4 is 4.74 Å². The highest BCUT2D eigenvalue weighted by Crippen LogP contribution is 2.26. The molecule has 1 aromatic carbocycles. The summed E-state index contributed by atoms with van der Waals surface area (Å²) in [6, 6.07) is 5.24. The van der Waals surface area contributed by atoms with Gasteiger partial charge in [-0.25, -0.2) is 4.79 Å². The van der Waals surface area contributed by atoms with E-state index < -0.39 is 0 Å². The molecule has 0 saturated carbocycles. The second kappa shape index (κ2) is 8.14. The van der Waals surface area contributed by atoms with E-state index in [1.807, 2.05) is 0 Å². The summed E-state index contributed by atoms with van der Waals surface area (Å²) < 4.78 is 11.4. The molecular formula is C14H19BrO3. The van der Waals surface area contributed by atoms with E-state index in [-0.39, 0.29) is 5.97 Å². The lowest BCUT2D eigenvalue weighted by Gasteiger charge is -2.09. The van der Waals surface area contributed by atoms with Crippen molar-refractivity contribution in [3.8, 4) is 5.75 Å². The van der Waals surface area contributed by atoms with Crippen molar-refractivity contribution in [3.05, 3.63) is 28.2 Å². The normalized spacial score (nSPS) is 10.2. The van der Waals surface area contributed by atoms with Crippen molar-refractivity contribution in [2.24, 2.45) is 0 Å². The van der Waals surface area contributed by atoms with Crippen LogP contribution in [0, 0.1) is 0 Å². The highest BCUT2D eigenvalue weighted by Gasteiger charge is 2.09. The molecule has 0 N–H and O–H groups in total. The molecule has 0 radical (unpaired) electrons. The highest BCUT2D eigenvalue weighted by molar-refractivity contribution is 9.10. The summed E-state index contributed by atoms with van der Waals surface area (Å²) in [4.78, 5) is 11.5. The molecule has 0 atom stereocenters. The Morgan fingerprint density at radius 3 is 2.67 bits per heavy atom. The zero-order valence-electron chi connectivity index (χ0n) is 10.9. The highest BCUT2D eigenvalue weighted by atomic mass is 79.9. The van der Waals surface area contributed by atoms with Crippen molar-refractivity contribution in [2.45, 2.75) is 33.1 Å². The van der Waals surface area contributed by atoms with E-state index in [0.717, 1.165) is 16.6 Å². The van der Waals surface area contributed by atoms with Crippen molar-refractivity contribution in [1.82, 2.24) is 0 Å². The lowest BCUT2D eigenvalue weighted by atomic mass is 10.2. The third kappa shape index (κ3) is 4.69. The second-order valence-corrected chi connectivity index (χ2v) is 4.78. The molecule has 0 aromatic heterocycles. The predicted molar refractivity (Wildman–Crippen MR) is 75.1 cm³/mol. The Morgan fingerprint density at radius 2 is 2.06 bits per heavy atom. The molecule has 1 aromatic rings. The average Bonchev–Trinajstić information content (AvgIpc) is 2.36. The summed E-state index contributed by atoms with van der Waals surface area (Å²) in [5.74, 6) is 0.454. The number of unbranched alkanes of at least 4 members (excludes halogenated alkanes) is 2. The SMILES string of the molecule is CCCCCOc1ccc(C(=O)OCC)cc1Br. The van der Waals surface area contributed by atoms with E-state index in [1.54, 1.807) is 25.1 Å². The fraction of sp³-hybridized carbons (Fsp3) is 0.500. The molecule has 0 amide bonds. The third-order valence-corrected chi connectivity index (χ3v) is 3.07. The van der Waals surface area contributed by atoms with E-state index in [9.17, 15) is 4.79 Å². The van der Waals surface area contributed by atoms with Crippen LogP contribution in [0.25, 0.3) is 0 Å². The van der Waals surface area contributed by atoms with Crippen LogP contribution >= 0.6 is 15.9 Å². The third-order valence-electron chi connectivity index (χ3n) is 2.45. The van der Waals surface area contributed by atoms with Crippen LogP contribution in [0.2, 0.25) is 0 Å². The van der Waals surface area contributed by atoms with Gasteiger partial charge in [-0.3, -0.25) is 0 Å². The van der Waals surface area contributed by atoms with Gasteiger partial charge < -0.3 is 9.47 Å². The molecule has 3 nitrogen and oxygen atoms in total. The first kappa shape index (κ1) is 15.0. The molecule has 4 heteroatoms. The lowest BCUT2D eigenvalue weighted by molar-refractivity contribution is 0.0526. The van der Waals surface area contributed by atoms with Crippen LogP contribution in [0.1, 0.15) is 43.5 Å². The fourth-order valence-electron chi connectivity index (χ4n) is 1.49. The van der Waals surface area contributed by atoms with Crippen LogP contribution in [0.15, 0.2) is 22.7 Å². The molecule has 0 spiro atoms. The topological polar surface area (TPSA) is 35.5 Å². The smallest absolute Gasteiger partial charge is 0.338 e. The van der Waals surface area contributed by atoms with Crippen molar-refractivity contribution < 1.29 is 14.3 Å². The van der Waals surface area contributed by atoms with Gasteiger partial charge in [-0.05, 0) is 47.5 Å². The van der Waals surface area contributed by atoms with Crippen molar-refractivity contribution in [3.63, 3.8) is 0 Å². The largest absolute Gasteiger partial charge is 0.492 e. The van der Waals surface area contributed by atoms with Gasteiger partial charge in [0, 0.05) is 0 Å². The Labute approximate surface area is 117 Å². The summed E-state index contributed by atoms with van der Waals surface area (Å²) in [7, 11) is 0. The summed E-state index contributed by atoms with van der Waals surface area (Å²) in [5.41, 5.74) is 0.532. The number of ether oxygens (including phenoxy) is 2. The number of halogens is 1. The second-order valence-electron chi connectivity index (χ2n) is 3.92. The number of hydrogen-bond donors (Lipinski definition) is 0. The quantitative estimate of drug-likeness (QED) is 0.559. The number of carbonyl (C=O) groups excluding carboxylic acids is 1. The molecule has 0 aliphatic heterocycles. The number of carbonyl (C=O) groups is 1. The van der Waals surface area contributed by atoms with Gasteiger partial charge in [-0.1, -0.05) is 19.8 Å². The van der Waals surface area contributed by atoms with Gasteiger partial charge in [0.05, 0.1) is 23.2 Å². The minimum Gasteiger partial charge on any atom is -0.492 e. The van der Waals surface area contributed by atoms with E-state index >= 15 is 0 Å². The van der Waals surface area contributed by atoms with E-state index in [4.69, 9.17) is 9.47 Å². The molecule has 0 fully saturated rings. The molecule has 0 saturated heterocycles. The van der Waals surface area contributed by atoms with Crippen molar-refractivity contribution in [1.29, 1.82) is 0 Å². The standard InChI is InChI=1S/C14H19BrO3/c1-3-5-6-9-18-13-8-7-11(10-12(13)15)14(16)17-4-2/h7-8,10H,3-6,9H2,1-2H3. The minimum atomic E-state index is -0.310. The van der Waals surface area contributed by atoms with Crippen molar-refractivity contribution in [2.75, 3.05) is 13.2 Å². The van der Waals surface area contributed by atoms with Gasteiger partial charge in [0.2, 0.25) is 0 Å². The predicted octanol–water partition coefficient (Wildman–Crippen LogP) is 4.19. The van der Waals surface area contributed by atoms with E-state index in [2.05, 4.69) is 22.9 Å². The molecule has 100 valence electrons. The fourth-order valence-corrected chi connectivity index (χ4v) is 1.99. The van der Waals surface area contributed by atoms with Crippen LogP contribution in [0.3, 0.4) is 0 Å². The minimum absolute atomic E-state index is 0.310. The maximum Gasteiger partial charge on any atom is 0.338 e. The molecule has 18 heavy (non-hydrogen) atoms. The van der Waals surface area contributed by atoms with Crippen LogP contribution in [0.5, 0.6) is 5.75 Å². The van der Waals surface area contributed by atoms with E-state index in [0.29, 0.717) is 18.8 Å². The Bertz CT molecular complexity index is 391. The van der Waals surface area contributed by atoms with Gasteiger partial charge in [-0.15, -0.1) is 0 Å².